The molecule has 0 aliphatic carbocycles. The molecule has 0 atom stereocenters. The van der Waals surface area contributed by atoms with E-state index in [9.17, 15) is 14.4 Å². The predicted octanol–water partition coefficient (Wildman–Crippen LogP) is 1.32. The number of rotatable bonds is 4. The zero-order valence-electron chi connectivity index (χ0n) is 9.56. The number of carboxylic acids is 1. The van der Waals surface area contributed by atoms with Crippen molar-refractivity contribution in [2.24, 2.45) is 0 Å². The van der Waals surface area contributed by atoms with Gasteiger partial charge in [-0.15, -0.1) is 11.3 Å². The van der Waals surface area contributed by atoms with E-state index < -0.39 is 11.9 Å². The van der Waals surface area contributed by atoms with Crippen molar-refractivity contribution in [3.8, 4) is 11.8 Å². The fourth-order valence-electron chi connectivity index (χ4n) is 1.06. The predicted molar refractivity (Wildman–Crippen MR) is 64.4 cm³/mol. The number of thiophene rings is 1. The normalized spacial score (nSPS) is 9.17. The summed E-state index contributed by atoms with van der Waals surface area (Å²) in [5, 5.41) is 8.46. The molecular weight excluding hydrogens is 256 g/mol. The summed E-state index contributed by atoms with van der Waals surface area (Å²) in [6.45, 7) is 0. The molecule has 18 heavy (non-hydrogen) atoms. The monoisotopic (exact) mass is 266 g/mol. The molecule has 0 saturated heterocycles. The summed E-state index contributed by atoms with van der Waals surface area (Å²) >= 11 is 1.12. The molecule has 0 amide bonds. The van der Waals surface area contributed by atoms with Crippen molar-refractivity contribution in [2.75, 3.05) is 7.11 Å². The van der Waals surface area contributed by atoms with Gasteiger partial charge in [0.1, 0.15) is 0 Å². The first-order valence-electron chi connectivity index (χ1n) is 4.97. The summed E-state index contributed by atoms with van der Waals surface area (Å²) in [4.78, 5) is 33.7. The van der Waals surface area contributed by atoms with E-state index in [0.29, 0.717) is 9.75 Å². The second-order valence-corrected chi connectivity index (χ2v) is 4.31. The molecule has 1 aromatic rings. The first-order chi connectivity index (χ1) is 8.52. The van der Waals surface area contributed by atoms with Crippen molar-refractivity contribution < 1.29 is 24.2 Å². The van der Waals surface area contributed by atoms with Crippen LogP contribution in [0.15, 0.2) is 12.1 Å². The summed E-state index contributed by atoms with van der Waals surface area (Å²) in [5.41, 5.74) is 0. The third-order valence-electron chi connectivity index (χ3n) is 1.92. The van der Waals surface area contributed by atoms with Gasteiger partial charge in [0, 0.05) is 12.3 Å². The number of hydrogen-bond donors (Lipinski definition) is 1. The van der Waals surface area contributed by atoms with Crippen molar-refractivity contribution in [3.05, 3.63) is 21.9 Å². The van der Waals surface area contributed by atoms with Crippen LogP contribution in [-0.2, 0) is 14.3 Å². The molecule has 0 unspecified atom stereocenters. The highest BCUT2D eigenvalue weighted by Crippen LogP contribution is 2.17. The van der Waals surface area contributed by atoms with Crippen LogP contribution in [0.5, 0.6) is 0 Å². The van der Waals surface area contributed by atoms with Gasteiger partial charge in [0.25, 0.3) is 0 Å². The first-order valence-corrected chi connectivity index (χ1v) is 5.79. The maximum Gasteiger partial charge on any atom is 0.384 e. The van der Waals surface area contributed by atoms with Crippen LogP contribution in [0, 0.1) is 11.8 Å². The van der Waals surface area contributed by atoms with E-state index in [4.69, 9.17) is 5.11 Å². The Morgan fingerprint density at radius 2 is 2.06 bits per heavy atom. The van der Waals surface area contributed by atoms with E-state index in [2.05, 4.69) is 16.6 Å². The second kappa shape index (κ2) is 6.57. The standard InChI is InChI=1S/C12H10O5S/c1-17-12(16)7-3-8-2-5-10(18-8)9(13)4-6-11(14)15/h2,5H,4,6H2,1H3,(H,14,15). The Hall–Kier alpha value is -2.13. The minimum atomic E-state index is -1.01. The molecule has 0 fully saturated rings. The second-order valence-electron chi connectivity index (χ2n) is 3.22. The van der Waals surface area contributed by atoms with Crippen LogP contribution >= 0.6 is 11.3 Å². The van der Waals surface area contributed by atoms with Gasteiger partial charge in [0.15, 0.2) is 5.78 Å². The van der Waals surface area contributed by atoms with Gasteiger partial charge in [0.05, 0.1) is 23.3 Å². The molecule has 5 nitrogen and oxygen atoms in total. The molecule has 0 aliphatic rings. The lowest BCUT2D eigenvalue weighted by atomic mass is 10.2. The van der Waals surface area contributed by atoms with Gasteiger partial charge in [-0.25, -0.2) is 4.79 Å². The van der Waals surface area contributed by atoms with Crippen LogP contribution < -0.4 is 0 Å². The fourth-order valence-corrected chi connectivity index (χ4v) is 1.89. The molecule has 1 N–H and O–H groups in total. The summed E-state index contributed by atoms with van der Waals surface area (Å²) < 4.78 is 4.35. The summed E-state index contributed by atoms with van der Waals surface area (Å²) in [6, 6.07) is 3.17. The van der Waals surface area contributed by atoms with Crippen molar-refractivity contribution >= 4 is 29.1 Å². The van der Waals surface area contributed by atoms with E-state index in [-0.39, 0.29) is 18.6 Å². The highest BCUT2D eigenvalue weighted by molar-refractivity contribution is 7.14. The van der Waals surface area contributed by atoms with Crippen molar-refractivity contribution in [3.63, 3.8) is 0 Å². The van der Waals surface area contributed by atoms with Crippen molar-refractivity contribution in [1.82, 2.24) is 0 Å². The van der Waals surface area contributed by atoms with Crippen LogP contribution in [0.4, 0.5) is 0 Å². The van der Waals surface area contributed by atoms with Crippen molar-refractivity contribution in [1.29, 1.82) is 0 Å². The number of carboxylic acid groups (broad SMARTS) is 1. The van der Waals surface area contributed by atoms with Gasteiger partial charge >= 0.3 is 11.9 Å². The van der Waals surface area contributed by atoms with E-state index >= 15 is 0 Å². The Morgan fingerprint density at radius 1 is 1.33 bits per heavy atom. The smallest absolute Gasteiger partial charge is 0.384 e. The molecule has 1 rings (SSSR count). The third-order valence-corrected chi connectivity index (χ3v) is 2.96. The van der Waals surface area contributed by atoms with Crippen LogP contribution in [0.2, 0.25) is 0 Å². The molecule has 0 aliphatic heterocycles. The Bertz CT molecular complexity index is 532. The topological polar surface area (TPSA) is 80.7 Å². The minimum absolute atomic E-state index is 0.0419. The number of ketones is 1. The van der Waals surface area contributed by atoms with Gasteiger partial charge in [0.2, 0.25) is 0 Å². The number of hydrogen-bond acceptors (Lipinski definition) is 5. The quantitative estimate of drug-likeness (QED) is 0.505. The van der Waals surface area contributed by atoms with Crippen LogP contribution in [0.1, 0.15) is 27.4 Å². The molecule has 0 spiro atoms. The zero-order valence-corrected chi connectivity index (χ0v) is 10.4. The molecule has 0 saturated carbocycles. The fraction of sp³-hybridized carbons (Fsp3) is 0.250. The van der Waals surface area contributed by atoms with E-state index in [1.807, 2.05) is 0 Å². The largest absolute Gasteiger partial charge is 0.481 e. The number of methoxy groups -OCH3 is 1. The highest BCUT2D eigenvalue weighted by Gasteiger charge is 2.10. The lowest BCUT2D eigenvalue weighted by Crippen LogP contribution is -2.01. The molecule has 1 heterocycles. The molecule has 0 aromatic carbocycles. The van der Waals surface area contributed by atoms with E-state index in [0.717, 1.165) is 11.3 Å². The van der Waals surface area contributed by atoms with Gasteiger partial charge in [-0.2, -0.15) is 0 Å². The Kier molecular flexibility index (Phi) is 5.08. The molecule has 94 valence electrons. The van der Waals surface area contributed by atoms with Gasteiger partial charge < -0.3 is 9.84 Å². The zero-order chi connectivity index (χ0) is 13.5. The average molecular weight is 266 g/mol. The maximum absolute atomic E-state index is 11.6. The number of ether oxygens (including phenoxy) is 1. The summed E-state index contributed by atoms with van der Waals surface area (Å²) in [5.74, 6) is 2.90. The average Bonchev–Trinajstić information content (AvgIpc) is 2.81. The van der Waals surface area contributed by atoms with Gasteiger partial charge in [-0.05, 0) is 18.1 Å². The Balaban J connectivity index is 2.67. The molecular formula is C12H10O5S. The van der Waals surface area contributed by atoms with Crippen LogP contribution in [0.3, 0.4) is 0 Å². The SMILES string of the molecule is COC(=O)C#Cc1ccc(C(=O)CCC(=O)O)s1. The first kappa shape index (κ1) is 13.9. The lowest BCUT2D eigenvalue weighted by molar-refractivity contribution is -0.137. The third kappa shape index (κ3) is 4.39. The molecule has 0 radical (unpaired) electrons. The number of aliphatic carboxylic acids is 1. The summed E-state index contributed by atoms with van der Waals surface area (Å²) in [7, 11) is 1.23. The number of Topliss-reactive ketones (excluding diaryl/α,β-unsaturated/α-hetero) is 1. The van der Waals surface area contributed by atoms with E-state index in [1.165, 1.54) is 7.11 Å². The van der Waals surface area contributed by atoms with E-state index in [1.54, 1.807) is 12.1 Å². The van der Waals surface area contributed by atoms with Crippen LogP contribution in [0.25, 0.3) is 0 Å². The lowest BCUT2D eigenvalue weighted by Gasteiger charge is -1.93. The molecule has 1 aromatic heterocycles. The highest BCUT2D eigenvalue weighted by atomic mass is 32.1. The van der Waals surface area contributed by atoms with Crippen molar-refractivity contribution in [2.45, 2.75) is 12.8 Å². The minimum Gasteiger partial charge on any atom is -0.481 e. The Morgan fingerprint density at radius 3 is 2.67 bits per heavy atom. The molecule has 6 heteroatoms. The maximum atomic E-state index is 11.6. The van der Waals surface area contributed by atoms with Gasteiger partial charge in [-0.3, -0.25) is 9.59 Å². The summed E-state index contributed by atoms with van der Waals surface area (Å²) in [6.07, 6.45) is -0.236. The van der Waals surface area contributed by atoms with Gasteiger partial charge in [-0.1, -0.05) is 0 Å². The Labute approximate surface area is 107 Å². The number of carbonyl (C=O) groups excluding carboxylic acids is 2. The number of esters is 1. The van der Waals surface area contributed by atoms with Crippen LogP contribution in [-0.4, -0.2) is 29.9 Å². The molecule has 0 bridgehead atoms. The number of carbonyl (C=O) groups is 3.